The standard InChI is InChI=1S/C80H152O17P2/c1-8-9-10-11-12-13-14-15-17-24-29-34-41-49-56-63-79(84)96-75(67-90-77(82)61-54-47-40-33-28-23-19-16-18-21-26-31-37-44-51-58-71(2)3)69-94-98(86,87)92-65-74(81)66-93-99(88,89)95-70-76(68-91-78(83)62-55-48-43-36-39-46-53-60-73(6)7)97-80(85)64-57-50-42-35-30-25-20-22-27-32-38-45-52-59-72(4)5/h13-15,17,71-76,81H,8-12,16,18-70H2,1-7H3,(H,86,87)(H,88,89)/b14-13-,17-15-/t74?,75-,76-/m1/s1. The number of hydrogen-bond acceptors (Lipinski definition) is 15. The van der Waals surface area contributed by atoms with Crippen LogP contribution in [0.5, 0.6) is 0 Å². The zero-order valence-corrected chi connectivity index (χ0v) is 66.2. The molecular formula is C80H152O17P2. The van der Waals surface area contributed by atoms with Crippen molar-refractivity contribution in [2.24, 2.45) is 17.8 Å². The van der Waals surface area contributed by atoms with Crippen LogP contribution in [0.1, 0.15) is 389 Å². The van der Waals surface area contributed by atoms with Gasteiger partial charge in [0, 0.05) is 25.7 Å². The van der Waals surface area contributed by atoms with Gasteiger partial charge in [0.2, 0.25) is 0 Å². The van der Waals surface area contributed by atoms with Crippen molar-refractivity contribution in [3.8, 4) is 0 Å². The van der Waals surface area contributed by atoms with Crippen molar-refractivity contribution in [2.45, 2.75) is 407 Å². The van der Waals surface area contributed by atoms with Gasteiger partial charge in [0.15, 0.2) is 12.2 Å². The number of ether oxygens (including phenoxy) is 4. The SMILES string of the molecule is CCCCCC/C=C\C=C/CCCCCCCC(=O)O[C@H](COC(=O)CCCCCCCCCCCCCCCCCC(C)C)COP(=O)(O)OCC(O)COP(=O)(O)OC[C@@H](COC(=O)CCCCCCCCCC(C)C)OC(=O)CCCCCCCCCCCCCCCC(C)C. The summed E-state index contributed by atoms with van der Waals surface area (Å²) in [4.78, 5) is 72.9. The van der Waals surface area contributed by atoms with Gasteiger partial charge in [-0.3, -0.25) is 37.3 Å². The van der Waals surface area contributed by atoms with E-state index in [9.17, 15) is 43.2 Å². The molecular weight excluding hydrogens is 1290 g/mol. The summed E-state index contributed by atoms with van der Waals surface area (Å²) in [6, 6.07) is 0. The number of esters is 4. The Morgan fingerprint density at radius 2 is 0.545 bits per heavy atom. The van der Waals surface area contributed by atoms with Crippen molar-refractivity contribution < 1.29 is 80.2 Å². The Morgan fingerprint density at radius 3 is 0.818 bits per heavy atom. The first-order valence-electron chi connectivity index (χ1n) is 40.7. The van der Waals surface area contributed by atoms with Crippen LogP contribution in [0.4, 0.5) is 0 Å². The maximum absolute atomic E-state index is 13.1. The fourth-order valence-corrected chi connectivity index (χ4v) is 13.3. The van der Waals surface area contributed by atoms with Gasteiger partial charge in [0.1, 0.15) is 19.3 Å². The molecule has 3 unspecified atom stereocenters. The number of aliphatic hydroxyl groups is 1. The predicted molar refractivity (Wildman–Crippen MR) is 404 cm³/mol. The largest absolute Gasteiger partial charge is 0.472 e. The monoisotopic (exact) mass is 1450 g/mol. The summed E-state index contributed by atoms with van der Waals surface area (Å²) in [5, 5.41) is 10.6. The Labute approximate surface area is 605 Å². The molecule has 0 aliphatic rings. The van der Waals surface area contributed by atoms with E-state index < -0.39 is 97.5 Å². The van der Waals surface area contributed by atoms with E-state index in [1.165, 1.54) is 180 Å². The molecule has 0 spiro atoms. The quantitative estimate of drug-likeness (QED) is 0.0169. The molecule has 0 fully saturated rings. The van der Waals surface area contributed by atoms with Crippen molar-refractivity contribution in [3.05, 3.63) is 24.3 Å². The van der Waals surface area contributed by atoms with Crippen LogP contribution in [0.15, 0.2) is 24.3 Å². The number of carbonyl (C=O) groups excluding carboxylic acids is 4. The maximum atomic E-state index is 13.1. The zero-order valence-electron chi connectivity index (χ0n) is 64.4. The minimum absolute atomic E-state index is 0.0851. The number of aliphatic hydroxyl groups excluding tert-OH is 1. The highest BCUT2D eigenvalue weighted by Gasteiger charge is 2.30. The van der Waals surface area contributed by atoms with Gasteiger partial charge in [-0.1, -0.05) is 336 Å². The number of unbranched alkanes of at least 4 members (excludes halogenated alkanes) is 41. The summed E-state index contributed by atoms with van der Waals surface area (Å²) < 4.78 is 68.6. The highest BCUT2D eigenvalue weighted by molar-refractivity contribution is 7.47. The van der Waals surface area contributed by atoms with Crippen LogP contribution in [-0.2, 0) is 65.4 Å². The molecule has 0 saturated carbocycles. The lowest BCUT2D eigenvalue weighted by atomic mass is 10.0. The predicted octanol–water partition coefficient (Wildman–Crippen LogP) is 23.3. The molecule has 0 radical (unpaired) electrons. The summed E-state index contributed by atoms with van der Waals surface area (Å²) in [5.74, 6) is 0.149. The number of hydrogen-bond donors (Lipinski definition) is 3. The Bertz CT molecular complexity index is 2020. The molecule has 0 amide bonds. The first kappa shape index (κ1) is 96.5. The van der Waals surface area contributed by atoms with Crippen LogP contribution in [0, 0.1) is 17.8 Å². The third-order valence-corrected chi connectivity index (χ3v) is 19.9. The van der Waals surface area contributed by atoms with E-state index in [1.807, 2.05) is 0 Å². The zero-order chi connectivity index (χ0) is 73.0. The number of rotatable bonds is 76. The minimum Gasteiger partial charge on any atom is -0.462 e. The molecule has 0 aromatic carbocycles. The van der Waals surface area contributed by atoms with Gasteiger partial charge in [0.25, 0.3) is 0 Å². The van der Waals surface area contributed by atoms with E-state index >= 15 is 0 Å². The Balaban J connectivity index is 5.27. The van der Waals surface area contributed by atoms with Gasteiger partial charge in [-0.05, 0) is 69.1 Å². The molecule has 0 rings (SSSR count). The second-order valence-electron chi connectivity index (χ2n) is 29.5. The third-order valence-electron chi connectivity index (χ3n) is 18.0. The highest BCUT2D eigenvalue weighted by Crippen LogP contribution is 2.45. The molecule has 3 N–H and O–H groups in total. The first-order valence-corrected chi connectivity index (χ1v) is 43.7. The van der Waals surface area contributed by atoms with Crippen LogP contribution in [0.25, 0.3) is 0 Å². The Kier molecular flexibility index (Phi) is 68.1. The highest BCUT2D eigenvalue weighted by atomic mass is 31.2. The third kappa shape index (κ3) is 73.6. The van der Waals surface area contributed by atoms with Crippen molar-refractivity contribution in [3.63, 3.8) is 0 Å². The maximum Gasteiger partial charge on any atom is 0.472 e. The average molecular weight is 1450 g/mol. The molecule has 0 heterocycles. The van der Waals surface area contributed by atoms with Gasteiger partial charge in [-0.25, -0.2) is 9.13 Å². The van der Waals surface area contributed by atoms with Gasteiger partial charge >= 0.3 is 39.5 Å². The smallest absolute Gasteiger partial charge is 0.462 e. The van der Waals surface area contributed by atoms with Crippen LogP contribution in [0.2, 0.25) is 0 Å². The van der Waals surface area contributed by atoms with E-state index in [0.717, 1.165) is 121 Å². The summed E-state index contributed by atoms with van der Waals surface area (Å²) >= 11 is 0. The fraction of sp³-hybridized carbons (Fsp3) is 0.900. The van der Waals surface area contributed by atoms with E-state index in [-0.39, 0.29) is 25.7 Å². The van der Waals surface area contributed by atoms with Crippen molar-refractivity contribution >= 4 is 39.5 Å². The fourth-order valence-electron chi connectivity index (χ4n) is 11.8. The molecule has 5 atom stereocenters. The number of phosphoric acid groups is 2. The summed E-state index contributed by atoms with van der Waals surface area (Å²) in [6.45, 7) is 11.8. The van der Waals surface area contributed by atoms with Crippen LogP contribution in [0.3, 0.4) is 0 Å². The lowest BCUT2D eigenvalue weighted by Crippen LogP contribution is -2.30. The molecule has 17 nitrogen and oxygen atoms in total. The molecule has 584 valence electrons. The lowest BCUT2D eigenvalue weighted by molar-refractivity contribution is -0.161. The molecule has 0 saturated heterocycles. The Morgan fingerprint density at radius 1 is 0.313 bits per heavy atom. The number of carbonyl (C=O) groups is 4. The molecule has 0 aliphatic carbocycles. The van der Waals surface area contributed by atoms with Gasteiger partial charge in [0.05, 0.1) is 26.4 Å². The second-order valence-corrected chi connectivity index (χ2v) is 32.5. The summed E-state index contributed by atoms with van der Waals surface area (Å²) in [5.41, 5.74) is 0. The molecule has 0 bridgehead atoms. The topological polar surface area (TPSA) is 237 Å². The molecule has 19 heteroatoms. The van der Waals surface area contributed by atoms with Crippen molar-refractivity contribution in [1.29, 1.82) is 0 Å². The van der Waals surface area contributed by atoms with Crippen molar-refractivity contribution in [2.75, 3.05) is 39.6 Å². The normalized spacial score (nSPS) is 14.2. The Hall–Kier alpha value is -2.46. The van der Waals surface area contributed by atoms with Gasteiger partial charge in [-0.15, -0.1) is 0 Å². The van der Waals surface area contributed by atoms with E-state index in [0.29, 0.717) is 31.6 Å². The van der Waals surface area contributed by atoms with Crippen molar-refractivity contribution in [1.82, 2.24) is 0 Å². The molecule has 0 aromatic heterocycles. The molecule has 0 aliphatic heterocycles. The van der Waals surface area contributed by atoms with Gasteiger partial charge in [-0.2, -0.15) is 0 Å². The second kappa shape index (κ2) is 69.9. The van der Waals surface area contributed by atoms with Gasteiger partial charge < -0.3 is 33.8 Å². The van der Waals surface area contributed by atoms with Crippen LogP contribution in [-0.4, -0.2) is 96.7 Å². The first-order chi connectivity index (χ1) is 47.7. The van der Waals surface area contributed by atoms with E-state index in [4.69, 9.17) is 37.0 Å². The molecule has 99 heavy (non-hydrogen) atoms. The summed E-state index contributed by atoms with van der Waals surface area (Å²) in [7, 11) is -9.93. The average Bonchev–Trinajstić information content (AvgIpc) is 1.01. The number of phosphoric ester groups is 2. The van der Waals surface area contributed by atoms with E-state index in [1.54, 1.807) is 0 Å². The molecule has 0 aromatic rings. The van der Waals surface area contributed by atoms with Crippen LogP contribution >= 0.6 is 15.6 Å². The van der Waals surface area contributed by atoms with E-state index in [2.05, 4.69) is 72.8 Å². The minimum atomic E-state index is -4.97. The lowest BCUT2D eigenvalue weighted by Gasteiger charge is -2.21. The van der Waals surface area contributed by atoms with Crippen LogP contribution < -0.4 is 0 Å². The number of allylic oxidation sites excluding steroid dienone is 4. The summed E-state index contributed by atoms with van der Waals surface area (Å²) in [6.07, 6.45) is 60.5.